The van der Waals surface area contributed by atoms with Crippen molar-refractivity contribution in [2.75, 3.05) is 5.32 Å². The lowest BCUT2D eigenvalue weighted by Gasteiger charge is -2.11. The molecule has 17 heavy (non-hydrogen) atoms. The third-order valence-corrected chi connectivity index (χ3v) is 3.54. The van der Waals surface area contributed by atoms with E-state index in [4.69, 9.17) is 11.6 Å². The first-order valence-electron chi connectivity index (χ1n) is 5.84. The number of fused-ring (bicyclic) bond motifs is 1. The third kappa shape index (κ3) is 2.03. The first-order chi connectivity index (χ1) is 8.22. The molecule has 0 spiro atoms. The van der Waals surface area contributed by atoms with E-state index in [2.05, 4.69) is 42.6 Å². The van der Waals surface area contributed by atoms with Gasteiger partial charge in [0.15, 0.2) is 0 Å². The number of nitrogens with one attached hydrogen (secondary N) is 1. The van der Waals surface area contributed by atoms with Gasteiger partial charge in [-0.1, -0.05) is 35.9 Å². The van der Waals surface area contributed by atoms with Gasteiger partial charge in [-0.15, -0.1) is 0 Å². The summed E-state index contributed by atoms with van der Waals surface area (Å²) in [7, 11) is 0. The van der Waals surface area contributed by atoms with Crippen LogP contribution >= 0.6 is 11.6 Å². The summed E-state index contributed by atoms with van der Waals surface area (Å²) < 4.78 is 0. The average molecular weight is 244 g/mol. The highest BCUT2D eigenvalue weighted by atomic mass is 35.5. The quantitative estimate of drug-likeness (QED) is 0.785. The molecular formula is C15H14ClN. The largest absolute Gasteiger partial charge is 0.378 e. The molecule has 0 aliphatic carbocycles. The first kappa shape index (κ1) is 10.7. The molecule has 1 aliphatic rings. The smallest absolute Gasteiger partial charge is 0.0555 e. The van der Waals surface area contributed by atoms with E-state index in [0.717, 1.165) is 11.4 Å². The van der Waals surface area contributed by atoms with Gasteiger partial charge in [0.25, 0.3) is 0 Å². The molecule has 2 aromatic carbocycles. The topological polar surface area (TPSA) is 12.0 Å². The summed E-state index contributed by atoms with van der Waals surface area (Å²) in [5.74, 6) is 0. The maximum atomic E-state index is 5.91. The minimum absolute atomic E-state index is 0.379. The second-order valence-electron chi connectivity index (χ2n) is 4.61. The summed E-state index contributed by atoms with van der Waals surface area (Å²) in [6.45, 7) is 2.12. The van der Waals surface area contributed by atoms with Crippen molar-refractivity contribution >= 4 is 17.3 Å². The summed E-state index contributed by atoms with van der Waals surface area (Å²) in [6, 6.07) is 15.1. The lowest BCUT2D eigenvalue weighted by atomic mass is 10.0. The molecule has 2 heteroatoms. The van der Waals surface area contributed by atoms with E-state index in [1.54, 1.807) is 0 Å². The van der Waals surface area contributed by atoms with Crippen LogP contribution in [0, 0.1) is 6.92 Å². The number of anilines is 1. The molecule has 1 unspecified atom stereocenters. The lowest BCUT2D eigenvalue weighted by molar-refractivity contribution is 0.824. The van der Waals surface area contributed by atoms with E-state index in [1.165, 1.54) is 22.4 Å². The predicted octanol–water partition coefficient (Wildman–Crippen LogP) is 4.36. The van der Waals surface area contributed by atoms with Crippen molar-refractivity contribution in [1.29, 1.82) is 0 Å². The van der Waals surface area contributed by atoms with Crippen LogP contribution in [0.5, 0.6) is 0 Å². The zero-order chi connectivity index (χ0) is 11.8. The standard InChI is InChI=1S/C15H14ClN/c1-10-2-3-12-9-15(17-14(12)8-10)11-4-6-13(16)7-5-11/h2-8,15,17H,9H2,1H3. The molecule has 2 aromatic rings. The number of hydrogen-bond donors (Lipinski definition) is 1. The predicted molar refractivity (Wildman–Crippen MR) is 72.7 cm³/mol. The van der Waals surface area contributed by atoms with Crippen LogP contribution in [0.3, 0.4) is 0 Å². The van der Waals surface area contributed by atoms with Crippen molar-refractivity contribution < 1.29 is 0 Å². The Labute approximate surface area is 106 Å². The van der Waals surface area contributed by atoms with E-state index in [9.17, 15) is 0 Å². The lowest BCUT2D eigenvalue weighted by Crippen LogP contribution is -2.05. The zero-order valence-corrected chi connectivity index (χ0v) is 10.5. The van der Waals surface area contributed by atoms with Gasteiger partial charge in [0.05, 0.1) is 6.04 Å². The molecule has 1 heterocycles. The molecule has 86 valence electrons. The number of rotatable bonds is 1. The summed E-state index contributed by atoms with van der Waals surface area (Å²) in [5.41, 5.74) is 5.26. The van der Waals surface area contributed by atoms with Gasteiger partial charge in [-0.2, -0.15) is 0 Å². The summed E-state index contributed by atoms with van der Waals surface area (Å²) >= 11 is 5.91. The average Bonchev–Trinajstić information content (AvgIpc) is 2.72. The molecule has 0 saturated carbocycles. The van der Waals surface area contributed by atoms with E-state index >= 15 is 0 Å². The van der Waals surface area contributed by atoms with Crippen molar-refractivity contribution in [2.45, 2.75) is 19.4 Å². The Morgan fingerprint density at radius 3 is 2.65 bits per heavy atom. The van der Waals surface area contributed by atoms with Crippen molar-refractivity contribution in [3.05, 3.63) is 64.2 Å². The normalized spacial score (nSPS) is 17.6. The minimum Gasteiger partial charge on any atom is -0.378 e. The Hall–Kier alpha value is -1.47. The summed E-state index contributed by atoms with van der Waals surface area (Å²) in [4.78, 5) is 0. The van der Waals surface area contributed by atoms with Crippen LogP contribution in [0.1, 0.15) is 22.7 Å². The van der Waals surface area contributed by atoms with Gasteiger partial charge in [-0.05, 0) is 48.2 Å². The van der Waals surface area contributed by atoms with Crippen LogP contribution in [0.15, 0.2) is 42.5 Å². The van der Waals surface area contributed by atoms with Gasteiger partial charge >= 0.3 is 0 Å². The van der Waals surface area contributed by atoms with Crippen LogP contribution in [0.4, 0.5) is 5.69 Å². The highest BCUT2D eigenvalue weighted by Gasteiger charge is 2.21. The Kier molecular flexibility index (Phi) is 2.56. The summed E-state index contributed by atoms with van der Waals surface area (Å²) in [5, 5.41) is 4.36. The van der Waals surface area contributed by atoms with Crippen molar-refractivity contribution in [2.24, 2.45) is 0 Å². The van der Waals surface area contributed by atoms with Gasteiger partial charge < -0.3 is 5.32 Å². The Morgan fingerprint density at radius 2 is 1.88 bits per heavy atom. The highest BCUT2D eigenvalue weighted by molar-refractivity contribution is 6.30. The molecule has 0 radical (unpaired) electrons. The van der Waals surface area contributed by atoms with Crippen molar-refractivity contribution in [3.63, 3.8) is 0 Å². The highest BCUT2D eigenvalue weighted by Crippen LogP contribution is 2.34. The molecule has 3 rings (SSSR count). The van der Waals surface area contributed by atoms with Gasteiger partial charge in [-0.25, -0.2) is 0 Å². The molecule has 1 nitrogen and oxygen atoms in total. The fourth-order valence-electron chi connectivity index (χ4n) is 2.36. The Morgan fingerprint density at radius 1 is 1.12 bits per heavy atom. The second kappa shape index (κ2) is 4.08. The van der Waals surface area contributed by atoms with Gasteiger partial charge in [0.1, 0.15) is 0 Å². The third-order valence-electron chi connectivity index (χ3n) is 3.29. The molecule has 1 aliphatic heterocycles. The SMILES string of the molecule is Cc1ccc2c(c1)NC(c1ccc(Cl)cc1)C2. The van der Waals surface area contributed by atoms with Gasteiger partial charge in [0, 0.05) is 10.7 Å². The number of halogens is 1. The van der Waals surface area contributed by atoms with E-state index in [0.29, 0.717) is 6.04 Å². The molecule has 0 saturated heterocycles. The number of aryl methyl sites for hydroxylation is 1. The maximum Gasteiger partial charge on any atom is 0.0555 e. The first-order valence-corrected chi connectivity index (χ1v) is 6.22. The van der Waals surface area contributed by atoms with E-state index < -0.39 is 0 Å². The zero-order valence-electron chi connectivity index (χ0n) is 9.70. The fourth-order valence-corrected chi connectivity index (χ4v) is 2.48. The van der Waals surface area contributed by atoms with Crippen LogP contribution in [-0.4, -0.2) is 0 Å². The number of hydrogen-bond acceptors (Lipinski definition) is 1. The van der Waals surface area contributed by atoms with E-state index in [-0.39, 0.29) is 0 Å². The summed E-state index contributed by atoms with van der Waals surface area (Å²) in [6.07, 6.45) is 1.05. The molecule has 0 amide bonds. The fraction of sp³-hybridized carbons (Fsp3) is 0.200. The van der Waals surface area contributed by atoms with Gasteiger partial charge in [-0.3, -0.25) is 0 Å². The molecule has 1 atom stereocenters. The maximum absolute atomic E-state index is 5.91. The molecule has 0 bridgehead atoms. The van der Waals surface area contributed by atoms with Crippen LogP contribution in [-0.2, 0) is 6.42 Å². The number of benzene rings is 2. The van der Waals surface area contributed by atoms with E-state index in [1.807, 2.05) is 12.1 Å². The van der Waals surface area contributed by atoms with Crippen LogP contribution in [0.2, 0.25) is 5.02 Å². The molecule has 0 aromatic heterocycles. The second-order valence-corrected chi connectivity index (χ2v) is 5.05. The molecule has 1 N–H and O–H groups in total. The van der Waals surface area contributed by atoms with Crippen molar-refractivity contribution in [3.8, 4) is 0 Å². The molecular weight excluding hydrogens is 230 g/mol. The van der Waals surface area contributed by atoms with Crippen LogP contribution < -0.4 is 5.32 Å². The Bertz CT molecular complexity index is 545. The van der Waals surface area contributed by atoms with Crippen LogP contribution in [0.25, 0.3) is 0 Å². The van der Waals surface area contributed by atoms with Gasteiger partial charge in [0.2, 0.25) is 0 Å². The minimum atomic E-state index is 0.379. The molecule has 0 fully saturated rings. The Balaban J connectivity index is 1.88. The monoisotopic (exact) mass is 243 g/mol. The van der Waals surface area contributed by atoms with Crippen molar-refractivity contribution in [1.82, 2.24) is 0 Å².